The molecule has 0 amide bonds. The molecule has 1 saturated heterocycles. The summed E-state index contributed by atoms with van der Waals surface area (Å²) in [5.74, 6) is 0.517. The molecular formula is C13H19NO5S2. The predicted molar refractivity (Wildman–Crippen MR) is 79.6 cm³/mol. The third-order valence-electron chi connectivity index (χ3n) is 3.59. The Labute approximate surface area is 125 Å². The summed E-state index contributed by atoms with van der Waals surface area (Å²) >= 11 is 0. The Balaban J connectivity index is 2.31. The van der Waals surface area contributed by atoms with Crippen molar-refractivity contribution in [2.75, 3.05) is 25.2 Å². The molecule has 1 aliphatic rings. The van der Waals surface area contributed by atoms with E-state index in [1.807, 2.05) is 0 Å². The molecule has 0 aliphatic carbocycles. The van der Waals surface area contributed by atoms with Crippen molar-refractivity contribution in [3.05, 3.63) is 24.3 Å². The maximum atomic E-state index is 12.7. The highest BCUT2D eigenvalue weighted by atomic mass is 32.2. The molecule has 1 aromatic rings. The van der Waals surface area contributed by atoms with Gasteiger partial charge < -0.3 is 4.74 Å². The molecule has 1 aliphatic heterocycles. The molecule has 8 heteroatoms. The third-order valence-corrected chi connectivity index (χ3v) is 7.39. The van der Waals surface area contributed by atoms with E-state index in [4.69, 9.17) is 4.74 Å². The summed E-state index contributed by atoms with van der Waals surface area (Å²) in [6.45, 7) is 1.96. The maximum absolute atomic E-state index is 12.7. The molecule has 6 nitrogen and oxygen atoms in total. The van der Waals surface area contributed by atoms with Gasteiger partial charge in [0.1, 0.15) is 5.75 Å². The van der Waals surface area contributed by atoms with E-state index in [1.165, 1.54) is 23.5 Å². The number of sulfone groups is 1. The van der Waals surface area contributed by atoms with E-state index in [-0.39, 0.29) is 22.9 Å². The summed E-state index contributed by atoms with van der Waals surface area (Å²) in [6, 6.07) is 5.62. The van der Waals surface area contributed by atoms with E-state index < -0.39 is 25.9 Å². The normalized spacial score (nSPS) is 21.6. The summed E-state index contributed by atoms with van der Waals surface area (Å²) in [5, 5.41) is 0. The fourth-order valence-electron chi connectivity index (χ4n) is 2.51. The van der Waals surface area contributed by atoms with Gasteiger partial charge in [0.05, 0.1) is 23.5 Å². The van der Waals surface area contributed by atoms with Crippen molar-refractivity contribution in [2.45, 2.75) is 24.3 Å². The molecule has 1 heterocycles. The van der Waals surface area contributed by atoms with Gasteiger partial charge in [-0.15, -0.1) is 0 Å². The van der Waals surface area contributed by atoms with Gasteiger partial charge >= 0.3 is 0 Å². The minimum atomic E-state index is -3.70. The molecule has 1 fully saturated rings. The molecule has 2 rings (SSSR count). The van der Waals surface area contributed by atoms with Gasteiger partial charge in [-0.25, -0.2) is 16.8 Å². The smallest absolute Gasteiger partial charge is 0.243 e. The van der Waals surface area contributed by atoms with Gasteiger partial charge in [-0.1, -0.05) is 6.92 Å². The van der Waals surface area contributed by atoms with Gasteiger partial charge in [-0.2, -0.15) is 4.31 Å². The summed E-state index contributed by atoms with van der Waals surface area (Å²) < 4.78 is 54.7. The second-order valence-corrected chi connectivity index (χ2v) is 9.06. The molecule has 118 valence electrons. The molecule has 0 radical (unpaired) electrons. The lowest BCUT2D eigenvalue weighted by Gasteiger charge is -2.26. The van der Waals surface area contributed by atoms with Crippen LogP contribution in [0, 0.1) is 0 Å². The lowest BCUT2D eigenvalue weighted by Crippen LogP contribution is -2.40. The fourth-order valence-corrected chi connectivity index (χ4v) is 6.00. The highest BCUT2D eigenvalue weighted by Gasteiger charge is 2.37. The first kappa shape index (κ1) is 16.3. The molecule has 0 spiro atoms. The molecule has 0 saturated carbocycles. The first-order valence-electron chi connectivity index (χ1n) is 6.66. The highest BCUT2D eigenvalue weighted by Crippen LogP contribution is 2.25. The van der Waals surface area contributed by atoms with Crippen LogP contribution in [0.15, 0.2) is 29.2 Å². The quantitative estimate of drug-likeness (QED) is 0.799. The van der Waals surface area contributed by atoms with Gasteiger partial charge in [-0.05, 0) is 30.7 Å². The van der Waals surface area contributed by atoms with Crippen LogP contribution in [0.2, 0.25) is 0 Å². The Morgan fingerprint density at radius 3 is 2.33 bits per heavy atom. The van der Waals surface area contributed by atoms with Crippen LogP contribution in [-0.4, -0.2) is 52.3 Å². The highest BCUT2D eigenvalue weighted by molar-refractivity contribution is 7.92. The van der Waals surface area contributed by atoms with E-state index in [1.54, 1.807) is 19.1 Å². The number of methoxy groups -OCH3 is 1. The molecule has 0 unspecified atom stereocenters. The van der Waals surface area contributed by atoms with Crippen LogP contribution in [-0.2, 0) is 19.9 Å². The second-order valence-electron chi connectivity index (χ2n) is 4.94. The molecule has 1 aromatic carbocycles. The minimum Gasteiger partial charge on any atom is -0.497 e. The zero-order chi connectivity index (χ0) is 15.7. The standard InChI is InChI=1S/C13H19NO5S2/c1-3-14(11-8-9-20(15,16)10-11)21(17,18)13-6-4-12(19-2)5-7-13/h4-7,11H,3,8-10H2,1-2H3/t11-/m0/s1. The molecule has 1 atom stereocenters. The van der Waals surface area contributed by atoms with Crippen molar-refractivity contribution in [3.8, 4) is 5.75 Å². The summed E-state index contributed by atoms with van der Waals surface area (Å²) in [6.07, 6.45) is 0.353. The zero-order valence-electron chi connectivity index (χ0n) is 12.0. The number of ether oxygens (including phenoxy) is 1. The van der Waals surface area contributed by atoms with Crippen molar-refractivity contribution in [1.82, 2.24) is 4.31 Å². The molecule has 21 heavy (non-hydrogen) atoms. The van der Waals surface area contributed by atoms with Crippen molar-refractivity contribution < 1.29 is 21.6 Å². The predicted octanol–water partition coefficient (Wildman–Crippen LogP) is 0.893. The number of sulfonamides is 1. The largest absolute Gasteiger partial charge is 0.497 e. The number of nitrogens with zero attached hydrogens (tertiary/aromatic N) is 1. The average Bonchev–Trinajstić information content (AvgIpc) is 2.79. The molecule has 0 aromatic heterocycles. The Bertz CT molecular complexity index is 695. The van der Waals surface area contributed by atoms with E-state index in [9.17, 15) is 16.8 Å². The van der Waals surface area contributed by atoms with Crippen LogP contribution < -0.4 is 4.74 Å². The van der Waals surface area contributed by atoms with Crippen molar-refractivity contribution in [3.63, 3.8) is 0 Å². The zero-order valence-corrected chi connectivity index (χ0v) is 13.7. The average molecular weight is 333 g/mol. The van der Waals surface area contributed by atoms with Crippen LogP contribution in [0.25, 0.3) is 0 Å². The van der Waals surface area contributed by atoms with Gasteiger partial charge in [0.25, 0.3) is 0 Å². The van der Waals surface area contributed by atoms with E-state index in [2.05, 4.69) is 0 Å². The Morgan fingerprint density at radius 1 is 1.29 bits per heavy atom. The van der Waals surface area contributed by atoms with Crippen molar-refractivity contribution in [2.24, 2.45) is 0 Å². The van der Waals surface area contributed by atoms with E-state index in [0.717, 1.165) is 0 Å². The maximum Gasteiger partial charge on any atom is 0.243 e. The van der Waals surface area contributed by atoms with Gasteiger partial charge in [-0.3, -0.25) is 0 Å². The summed E-state index contributed by atoms with van der Waals surface area (Å²) in [5.41, 5.74) is 0. The Kier molecular flexibility index (Phi) is 4.60. The number of rotatable bonds is 5. The topological polar surface area (TPSA) is 80.8 Å². The van der Waals surface area contributed by atoms with Gasteiger partial charge in [0, 0.05) is 12.6 Å². The lowest BCUT2D eigenvalue weighted by atomic mass is 10.3. The third kappa shape index (κ3) is 3.38. The molecular weight excluding hydrogens is 314 g/mol. The second kappa shape index (κ2) is 5.94. The number of hydrogen-bond acceptors (Lipinski definition) is 5. The van der Waals surface area contributed by atoms with Crippen LogP contribution in [0.1, 0.15) is 13.3 Å². The van der Waals surface area contributed by atoms with Crippen LogP contribution in [0.3, 0.4) is 0 Å². The van der Waals surface area contributed by atoms with Crippen LogP contribution in [0.5, 0.6) is 5.75 Å². The minimum absolute atomic E-state index is 0.0479. The summed E-state index contributed by atoms with van der Waals surface area (Å²) in [7, 11) is -5.32. The van der Waals surface area contributed by atoms with Crippen LogP contribution >= 0.6 is 0 Å². The van der Waals surface area contributed by atoms with Gasteiger partial charge in [0.15, 0.2) is 9.84 Å². The lowest BCUT2D eigenvalue weighted by molar-refractivity contribution is 0.354. The van der Waals surface area contributed by atoms with Gasteiger partial charge in [0.2, 0.25) is 10.0 Å². The van der Waals surface area contributed by atoms with Crippen molar-refractivity contribution >= 4 is 19.9 Å². The van der Waals surface area contributed by atoms with E-state index in [0.29, 0.717) is 12.2 Å². The monoisotopic (exact) mass is 333 g/mol. The number of benzene rings is 1. The van der Waals surface area contributed by atoms with E-state index >= 15 is 0 Å². The first-order chi connectivity index (χ1) is 9.80. The van der Waals surface area contributed by atoms with Crippen LogP contribution in [0.4, 0.5) is 0 Å². The number of hydrogen-bond donors (Lipinski definition) is 0. The summed E-state index contributed by atoms with van der Waals surface area (Å²) in [4.78, 5) is 0.148. The molecule has 0 bridgehead atoms. The Morgan fingerprint density at radius 2 is 1.90 bits per heavy atom. The SMILES string of the molecule is CCN([C@H]1CCS(=O)(=O)C1)S(=O)(=O)c1ccc(OC)cc1. The Hall–Kier alpha value is -1.12. The first-order valence-corrected chi connectivity index (χ1v) is 9.92. The van der Waals surface area contributed by atoms with Crippen molar-refractivity contribution in [1.29, 1.82) is 0 Å². The fraction of sp³-hybridized carbons (Fsp3) is 0.538. The molecule has 0 N–H and O–H groups in total.